The number of hydrogen-bond donors (Lipinski definition) is 1. The second kappa shape index (κ2) is 10.7. The van der Waals surface area contributed by atoms with Crippen LogP contribution in [0.25, 0.3) is 22.0 Å². The summed E-state index contributed by atoms with van der Waals surface area (Å²) in [5.74, 6) is -0.299. The van der Waals surface area contributed by atoms with Crippen LogP contribution in [0.2, 0.25) is 5.02 Å². The number of amides is 1. The summed E-state index contributed by atoms with van der Waals surface area (Å²) >= 11 is 6.39. The highest BCUT2D eigenvalue weighted by Gasteiger charge is 2.33. The lowest BCUT2D eigenvalue weighted by Crippen LogP contribution is -2.53. The number of carbonyl (C=O) groups excluding carboxylic acids is 1. The van der Waals surface area contributed by atoms with Crippen LogP contribution in [0.1, 0.15) is 12.8 Å². The molecule has 6 rings (SSSR count). The molecule has 2 aliphatic rings. The van der Waals surface area contributed by atoms with Crippen LogP contribution in [-0.2, 0) is 4.79 Å². The van der Waals surface area contributed by atoms with E-state index in [2.05, 4.69) is 14.8 Å². The first-order valence-electron chi connectivity index (χ1n) is 13.4. The van der Waals surface area contributed by atoms with Crippen LogP contribution in [0.5, 0.6) is 0 Å². The molecule has 0 radical (unpaired) electrons. The summed E-state index contributed by atoms with van der Waals surface area (Å²) in [6, 6.07) is 21.9. The van der Waals surface area contributed by atoms with Gasteiger partial charge in [-0.15, -0.1) is 0 Å². The molecule has 3 aromatic carbocycles. The number of pyridine rings is 1. The van der Waals surface area contributed by atoms with E-state index in [4.69, 9.17) is 11.6 Å². The molecule has 1 amide bonds. The second-order valence-electron chi connectivity index (χ2n) is 10.3. The summed E-state index contributed by atoms with van der Waals surface area (Å²) in [5, 5.41) is 1.48. The number of carbonyl (C=O) groups is 1. The number of aromatic nitrogens is 1. The summed E-state index contributed by atoms with van der Waals surface area (Å²) in [6.07, 6.45) is 1.62. The van der Waals surface area contributed by atoms with Crippen molar-refractivity contribution >= 4 is 39.8 Å². The number of nitrogens with zero attached hydrogens (tertiary/aromatic N) is 3. The zero-order valence-electron chi connectivity index (χ0n) is 21.6. The van der Waals surface area contributed by atoms with Gasteiger partial charge in [-0.2, -0.15) is 0 Å². The van der Waals surface area contributed by atoms with Crippen molar-refractivity contribution in [3.8, 4) is 11.1 Å². The van der Waals surface area contributed by atoms with Gasteiger partial charge in [0, 0.05) is 66.4 Å². The minimum atomic E-state index is -0.252. The molecule has 8 heteroatoms. The van der Waals surface area contributed by atoms with E-state index in [1.165, 1.54) is 12.1 Å². The lowest BCUT2D eigenvalue weighted by molar-refractivity contribution is -0.136. The third kappa shape index (κ3) is 5.11. The monoisotopic (exact) mass is 544 g/mol. The summed E-state index contributed by atoms with van der Waals surface area (Å²) in [4.78, 5) is 36.4. The second-order valence-corrected chi connectivity index (χ2v) is 10.7. The van der Waals surface area contributed by atoms with Crippen molar-refractivity contribution < 1.29 is 9.18 Å². The van der Waals surface area contributed by atoms with Gasteiger partial charge >= 0.3 is 0 Å². The van der Waals surface area contributed by atoms with Gasteiger partial charge < -0.3 is 19.7 Å². The maximum Gasteiger partial charge on any atom is 0.272 e. The summed E-state index contributed by atoms with van der Waals surface area (Å²) in [6.45, 7) is 3.85. The zero-order chi connectivity index (χ0) is 26.9. The Kier molecular flexibility index (Phi) is 7.00. The van der Waals surface area contributed by atoms with Crippen LogP contribution in [0, 0.1) is 11.7 Å². The van der Waals surface area contributed by atoms with Crippen molar-refractivity contribution in [2.24, 2.45) is 5.92 Å². The number of nitrogens with one attached hydrogen (secondary N) is 1. The van der Waals surface area contributed by atoms with E-state index in [1.807, 2.05) is 47.4 Å². The van der Waals surface area contributed by atoms with E-state index >= 15 is 0 Å². The number of halogens is 2. The van der Waals surface area contributed by atoms with Gasteiger partial charge in [-0.1, -0.05) is 41.9 Å². The Morgan fingerprint density at radius 1 is 0.897 bits per heavy atom. The normalized spacial score (nSPS) is 18.0. The van der Waals surface area contributed by atoms with Crippen LogP contribution >= 0.6 is 11.6 Å². The van der Waals surface area contributed by atoms with Crippen LogP contribution in [-0.4, -0.2) is 55.1 Å². The maximum absolute atomic E-state index is 13.6. The third-order valence-electron chi connectivity index (χ3n) is 7.88. The predicted molar refractivity (Wildman–Crippen MR) is 155 cm³/mol. The van der Waals surface area contributed by atoms with E-state index in [0.717, 1.165) is 40.6 Å². The predicted octanol–water partition coefficient (Wildman–Crippen LogP) is 5.55. The molecule has 0 saturated carbocycles. The number of rotatable bonds is 4. The molecule has 1 atom stereocenters. The number of fused-ring (bicyclic) bond motifs is 1. The molecule has 39 heavy (non-hydrogen) atoms. The van der Waals surface area contributed by atoms with Gasteiger partial charge in [0.1, 0.15) is 11.5 Å². The fourth-order valence-electron chi connectivity index (χ4n) is 5.93. The summed E-state index contributed by atoms with van der Waals surface area (Å²) in [7, 11) is 0. The lowest BCUT2D eigenvalue weighted by Gasteiger charge is -2.40. The molecular formula is C31H30ClFN4O2. The Bertz CT molecular complexity index is 1550. The molecule has 0 spiro atoms. The van der Waals surface area contributed by atoms with Gasteiger partial charge in [0.2, 0.25) is 5.91 Å². The first-order valence-corrected chi connectivity index (χ1v) is 13.8. The highest BCUT2D eigenvalue weighted by atomic mass is 35.5. The number of aromatic amines is 1. The van der Waals surface area contributed by atoms with E-state index in [0.29, 0.717) is 50.0 Å². The Balaban J connectivity index is 1.25. The van der Waals surface area contributed by atoms with Crippen LogP contribution in [0.15, 0.2) is 77.6 Å². The molecule has 3 heterocycles. The van der Waals surface area contributed by atoms with Gasteiger partial charge in [0.25, 0.3) is 5.56 Å². The molecule has 2 fully saturated rings. The van der Waals surface area contributed by atoms with Gasteiger partial charge in [0.15, 0.2) is 0 Å². The molecule has 6 nitrogen and oxygen atoms in total. The fraction of sp³-hybridized carbons (Fsp3) is 0.290. The minimum absolute atomic E-state index is 0.139. The molecule has 200 valence electrons. The fourth-order valence-corrected chi connectivity index (χ4v) is 6.10. The topological polar surface area (TPSA) is 59.7 Å². The number of anilines is 2. The van der Waals surface area contributed by atoms with Crippen molar-refractivity contribution in [1.82, 2.24) is 9.88 Å². The molecule has 2 aliphatic heterocycles. The summed E-state index contributed by atoms with van der Waals surface area (Å²) in [5.41, 5.74) is 3.92. The number of piperazine rings is 1. The SMILES string of the molecule is O=C(C1CCCN(c2c(-c3ccccc3)c3cc(Cl)ccc3[nH]c2=O)C1)N1CCN(c2ccc(F)cc2)CC1. The molecule has 1 aromatic heterocycles. The summed E-state index contributed by atoms with van der Waals surface area (Å²) < 4.78 is 13.3. The van der Waals surface area contributed by atoms with Crippen LogP contribution < -0.4 is 15.4 Å². The Labute approximate surface area is 231 Å². The molecule has 4 aromatic rings. The number of H-pyrrole nitrogens is 1. The molecule has 0 bridgehead atoms. The van der Waals surface area contributed by atoms with Gasteiger partial charge in [0.05, 0.1) is 5.92 Å². The minimum Gasteiger partial charge on any atom is -0.368 e. The lowest BCUT2D eigenvalue weighted by atomic mass is 9.93. The van der Waals surface area contributed by atoms with E-state index in [1.54, 1.807) is 18.2 Å². The maximum atomic E-state index is 13.6. The Morgan fingerprint density at radius 3 is 2.38 bits per heavy atom. The molecular weight excluding hydrogens is 515 g/mol. The molecule has 1 N–H and O–H groups in total. The van der Waals surface area contributed by atoms with Crippen LogP contribution in [0.3, 0.4) is 0 Å². The van der Waals surface area contributed by atoms with Crippen molar-refractivity contribution in [3.63, 3.8) is 0 Å². The first kappa shape index (κ1) is 25.4. The van der Waals surface area contributed by atoms with Gasteiger partial charge in [-0.25, -0.2) is 4.39 Å². The smallest absolute Gasteiger partial charge is 0.272 e. The number of hydrogen-bond acceptors (Lipinski definition) is 4. The Morgan fingerprint density at radius 2 is 1.64 bits per heavy atom. The standard InChI is InChI=1S/C31H30ClFN4O2/c32-23-8-13-27-26(19-23)28(21-5-2-1-3-6-21)29(30(38)34-27)37-14-4-7-22(20-37)31(39)36-17-15-35(16-18-36)25-11-9-24(33)10-12-25/h1-3,5-6,8-13,19,22H,4,7,14-18,20H2,(H,34,38). The van der Waals surface area contributed by atoms with Gasteiger partial charge in [-0.05, 0) is 60.9 Å². The van der Waals surface area contributed by atoms with E-state index in [9.17, 15) is 14.0 Å². The van der Waals surface area contributed by atoms with E-state index < -0.39 is 0 Å². The van der Waals surface area contributed by atoms with Crippen molar-refractivity contribution in [2.45, 2.75) is 12.8 Å². The van der Waals surface area contributed by atoms with Crippen molar-refractivity contribution in [3.05, 3.63) is 94.0 Å². The first-order chi connectivity index (χ1) is 19.0. The van der Waals surface area contributed by atoms with Crippen molar-refractivity contribution in [2.75, 3.05) is 49.1 Å². The average Bonchev–Trinajstić information content (AvgIpc) is 2.97. The van der Waals surface area contributed by atoms with Crippen LogP contribution in [0.4, 0.5) is 15.8 Å². The van der Waals surface area contributed by atoms with Crippen molar-refractivity contribution in [1.29, 1.82) is 0 Å². The largest absolute Gasteiger partial charge is 0.368 e. The highest BCUT2D eigenvalue weighted by Crippen LogP contribution is 2.37. The highest BCUT2D eigenvalue weighted by molar-refractivity contribution is 6.31. The Hall–Kier alpha value is -3.84. The van der Waals surface area contributed by atoms with E-state index in [-0.39, 0.29) is 23.2 Å². The number of piperidine rings is 1. The zero-order valence-corrected chi connectivity index (χ0v) is 22.3. The molecule has 2 saturated heterocycles. The number of benzene rings is 3. The van der Waals surface area contributed by atoms with Gasteiger partial charge in [-0.3, -0.25) is 9.59 Å². The quantitative estimate of drug-likeness (QED) is 0.366. The average molecular weight is 545 g/mol. The third-order valence-corrected chi connectivity index (χ3v) is 8.12. The molecule has 1 unspecified atom stereocenters. The molecule has 0 aliphatic carbocycles.